The monoisotopic (exact) mass is 493 g/mol. The molecule has 4 heterocycles. The summed E-state index contributed by atoms with van der Waals surface area (Å²) in [7, 11) is 0. The number of amides is 1. The molecule has 7 heteroatoms. The van der Waals surface area contributed by atoms with Crippen LogP contribution in [0.1, 0.15) is 78.8 Å². The fourth-order valence-electron chi connectivity index (χ4n) is 5.12. The minimum absolute atomic E-state index is 0.0892. The van der Waals surface area contributed by atoms with Gasteiger partial charge in [0.25, 0.3) is 5.91 Å². The van der Waals surface area contributed by atoms with Gasteiger partial charge in [0.15, 0.2) is 5.88 Å². The van der Waals surface area contributed by atoms with Crippen LogP contribution in [0.2, 0.25) is 0 Å². The van der Waals surface area contributed by atoms with Crippen LogP contribution in [0.3, 0.4) is 0 Å². The van der Waals surface area contributed by atoms with Gasteiger partial charge in [-0.1, -0.05) is 20.8 Å². The third kappa shape index (κ3) is 5.40. The lowest BCUT2D eigenvalue weighted by atomic mass is 9.72. The van der Waals surface area contributed by atoms with Gasteiger partial charge in [-0.15, -0.1) is 11.3 Å². The molecule has 5 rings (SSSR count). The van der Waals surface area contributed by atoms with Crippen LogP contribution in [0.15, 0.2) is 44.4 Å². The van der Waals surface area contributed by atoms with Gasteiger partial charge < -0.3 is 19.1 Å². The number of carbonyl (C=O) groups excluding carboxylic acids is 1. The van der Waals surface area contributed by atoms with E-state index in [0.29, 0.717) is 23.8 Å². The molecule has 6 nitrogen and oxygen atoms in total. The normalized spacial score (nSPS) is 18.7. The standard InChI is InChI=1S/C28H35N3O3S/c1-28(2,3)19-9-11-22-23(16-19)35-27(25(22)26(32)29-17-20-8-7-15-33-20)30-18-21-10-12-24(34-21)31-13-5-4-6-14-31/h7-8,10,12,15,18-19H,4-6,9,11,13-14,16-17H2,1-3H3,(H,29,32)/t19-/m1/s1. The number of hydrogen-bond acceptors (Lipinski definition) is 6. The molecule has 35 heavy (non-hydrogen) atoms. The van der Waals surface area contributed by atoms with Crippen molar-refractivity contribution in [2.75, 3.05) is 18.0 Å². The van der Waals surface area contributed by atoms with Gasteiger partial charge in [-0.3, -0.25) is 4.79 Å². The summed E-state index contributed by atoms with van der Waals surface area (Å²) in [6.07, 6.45) is 10.1. The fraction of sp³-hybridized carbons (Fsp3) is 0.500. The summed E-state index contributed by atoms with van der Waals surface area (Å²) >= 11 is 1.65. The molecule has 186 valence electrons. The van der Waals surface area contributed by atoms with Crippen LogP contribution in [0.5, 0.6) is 0 Å². The summed E-state index contributed by atoms with van der Waals surface area (Å²) in [5.41, 5.74) is 2.11. The Labute approximate surface area is 211 Å². The Morgan fingerprint density at radius 1 is 1.23 bits per heavy atom. The Bertz CT molecular complexity index is 1180. The van der Waals surface area contributed by atoms with Crippen molar-refractivity contribution in [2.24, 2.45) is 16.3 Å². The average Bonchev–Trinajstić information content (AvgIpc) is 3.60. The number of furan rings is 2. The van der Waals surface area contributed by atoms with E-state index in [4.69, 9.17) is 13.8 Å². The Hall–Kier alpha value is -2.80. The van der Waals surface area contributed by atoms with Gasteiger partial charge in [-0.25, -0.2) is 4.99 Å². The number of thiophene rings is 1. The van der Waals surface area contributed by atoms with E-state index >= 15 is 0 Å². The zero-order chi connectivity index (χ0) is 24.4. The minimum Gasteiger partial charge on any atom is -0.467 e. The van der Waals surface area contributed by atoms with Crippen molar-refractivity contribution >= 4 is 34.3 Å². The lowest BCUT2D eigenvalue weighted by Crippen LogP contribution is -2.28. The maximum absolute atomic E-state index is 13.3. The number of nitrogens with one attached hydrogen (secondary N) is 1. The molecule has 0 spiro atoms. The molecule has 3 aromatic heterocycles. The molecule has 1 amide bonds. The molecular formula is C28H35N3O3S. The van der Waals surface area contributed by atoms with E-state index in [9.17, 15) is 4.79 Å². The van der Waals surface area contributed by atoms with Crippen molar-refractivity contribution in [2.45, 2.75) is 65.8 Å². The number of nitrogens with zero attached hydrogens (tertiary/aromatic N) is 2. The first-order chi connectivity index (χ1) is 16.9. The number of fused-ring (bicyclic) bond motifs is 1. The van der Waals surface area contributed by atoms with Crippen molar-refractivity contribution in [3.05, 3.63) is 58.1 Å². The highest BCUT2D eigenvalue weighted by Gasteiger charge is 2.33. The molecule has 0 radical (unpaired) electrons. The van der Waals surface area contributed by atoms with E-state index in [0.717, 1.165) is 54.6 Å². The van der Waals surface area contributed by atoms with Crippen LogP contribution in [0.25, 0.3) is 0 Å². The SMILES string of the molecule is CC(C)(C)[C@@H]1CCc2c(sc(N=Cc3ccc(N4CCCCC4)o3)c2C(=O)NCc2ccco2)C1. The second-order valence-electron chi connectivity index (χ2n) is 10.7. The third-order valence-corrected chi connectivity index (χ3v) is 8.45. The van der Waals surface area contributed by atoms with Gasteiger partial charge in [-0.2, -0.15) is 0 Å². The molecule has 1 aliphatic carbocycles. The van der Waals surface area contributed by atoms with Gasteiger partial charge in [-0.05, 0) is 73.6 Å². The van der Waals surface area contributed by atoms with Gasteiger partial charge in [0.1, 0.15) is 16.5 Å². The van der Waals surface area contributed by atoms with Gasteiger partial charge in [0.2, 0.25) is 0 Å². The topological polar surface area (TPSA) is 71.0 Å². The summed E-state index contributed by atoms with van der Waals surface area (Å²) in [6.45, 7) is 9.37. The molecule has 0 aromatic carbocycles. The Morgan fingerprint density at radius 2 is 2.06 bits per heavy atom. The fourth-order valence-corrected chi connectivity index (χ4v) is 6.39. The lowest BCUT2D eigenvalue weighted by molar-refractivity contribution is 0.0947. The van der Waals surface area contributed by atoms with Crippen LogP contribution in [0.4, 0.5) is 10.9 Å². The molecule has 1 saturated heterocycles. The van der Waals surface area contributed by atoms with E-state index in [1.807, 2.05) is 24.3 Å². The smallest absolute Gasteiger partial charge is 0.255 e. The maximum Gasteiger partial charge on any atom is 0.255 e. The molecular weight excluding hydrogens is 458 g/mol. The molecule has 0 bridgehead atoms. The van der Waals surface area contributed by atoms with Crippen LogP contribution >= 0.6 is 11.3 Å². The number of aliphatic imine (C=N–C) groups is 1. The van der Waals surface area contributed by atoms with E-state index in [2.05, 4.69) is 31.0 Å². The molecule has 1 atom stereocenters. The highest BCUT2D eigenvalue weighted by Crippen LogP contribution is 2.45. The van der Waals surface area contributed by atoms with E-state index in [-0.39, 0.29) is 11.3 Å². The minimum atomic E-state index is -0.0892. The predicted molar refractivity (Wildman–Crippen MR) is 141 cm³/mol. The summed E-state index contributed by atoms with van der Waals surface area (Å²) in [5.74, 6) is 2.86. The van der Waals surface area contributed by atoms with E-state index in [1.165, 1.54) is 24.1 Å². The molecule has 0 unspecified atom stereocenters. The third-order valence-electron chi connectivity index (χ3n) is 7.29. The number of anilines is 1. The zero-order valence-corrected chi connectivity index (χ0v) is 21.7. The maximum atomic E-state index is 13.3. The predicted octanol–water partition coefficient (Wildman–Crippen LogP) is 6.76. The van der Waals surface area contributed by atoms with Gasteiger partial charge >= 0.3 is 0 Å². The molecule has 1 N–H and O–H groups in total. The first-order valence-electron chi connectivity index (χ1n) is 12.7. The van der Waals surface area contributed by atoms with Crippen LogP contribution < -0.4 is 10.2 Å². The van der Waals surface area contributed by atoms with Crippen molar-refractivity contribution < 1.29 is 13.6 Å². The van der Waals surface area contributed by atoms with Crippen LogP contribution in [-0.2, 0) is 19.4 Å². The molecule has 1 fully saturated rings. The second-order valence-corrected chi connectivity index (χ2v) is 11.8. The lowest BCUT2D eigenvalue weighted by Gasteiger charge is -2.33. The number of rotatable bonds is 6. The highest BCUT2D eigenvalue weighted by atomic mass is 32.1. The Balaban J connectivity index is 1.40. The molecule has 0 saturated carbocycles. The summed E-state index contributed by atoms with van der Waals surface area (Å²) in [5, 5.41) is 3.80. The average molecular weight is 494 g/mol. The second kappa shape index (κ2) is 10.1. The van der Waals surface area contributed by atoms with Gasteiger partial charge in [0, 0.05) is 24.0 Å². The first kappa shape index (κ1) is 23.9. The number of hydrogen-bond donors (Lipinski definition) is 1. The van der Waals surface area contributed by atoms with Crippen molar-refractivity contribution in [1.29, 1.82) is 0 Å². The highest BCUT2D eigenvalue weighted by molar-refractivity contribution is 7.16. The van der Waals surface area contributed by atoms with Gasteiger partial charge in [0.05, 0.1) is 24.6 Å². The van der Waals surface area contributed by atoms with E-state index < -0.39 is 0 Å². The number of carbonyl (C=O) groups is 1. The Kier molecular flexibility index (Phi) is 6.87. The largest absolute Gasteiger partial charge is 0.467 e. The Morgan fingerprint density at radius 3 is 2.80 bits per heavy atom. The van der Waals surface area contributed by atoms with Crippen LogP contribution in [-0.4, -0.2) is 25.2 Å². The first-order valence-corrected chi connectivity index (χ1v) is 13.5. The van der Waals surface area contributed by atoms with Crippen molar-refractivity contribution in [3.63, 3.8) is 0 Å². The summed E-state index contributed by atoms with van der Waals surface area (Å²) < 4.78 is 11.5. The van der Waals surface area contributed by atoms with Crippen LogP contribution in [0, 0.1) is 11.3 Å². The summed E-state index contributed by atoms with van der Waals surface area (Å²) in [6, 6.07) is 7.69. The summed E-state index contributed by atoms with van der Waals surface area (Å²) in [4.78, 5) is 21.7. The zero-order valence-electron chi connectivity index (χ0n) is 20.9. The van der Waals surface area contributed by atoms with Crippen molar-refractivity contribution in [1.82, 2.24) is 5.32 Å². The molecule has 2 aliphatic rings. The van der Waals surface area contributed by atoms with Crippen molar-refractivity contribution in [3.8, 4) is 0 Å². The molecule has 1 aliphatic heterocycles. The molecule has 3 aromatic rings. The number of piperidine rings is 1. The quantitative estimate of drug-likeness (QED) is 0.385. The van der Waals surface area contributed by atoms with E-state index in [1.54, 1.807) is 23.8 Å².